The molecule has 0 aliphatic heterocycles. The Hall–Kier alpha value is -1.76. The Bertz CT molecular complexity index is 645. The molecule has 0 atom stereocenters. The van der Waals surface area contributed by atoms with Gasteiger partial charge in [0.1, 0.15) is 5.69 Å². The van der Waals surface area contributed by atoms with Crippen molar-refractivity contribution in [3.05, 3.63) is 52.7 Å². The molecule has 0 saturated carbocycles. The molecule has 0 unspecified atom stereocenters. The molecule has 0 fully saturated rings. The molecule has 0 radical (unpaired) electrons. The molecule has 1 heterocycles. The van der Waals surface area contributed by atoms with Crippen LogP contribution in [0.5, 0.6) is 0 Å². The molecule has 0 N–H and O–H groups in total. The molecule has 1 aromatic carbocycles. The second-order valence-corrected chi connectivity index (χ2v) is 4.57. The van der Waals surface area contributed by atoms with E-state index in [2.05, 4.69) is 4.98 Å². The molecule has 0 amide bonds. The molecule has 1 nitrogen and oxygen atoms in total. The molecule has 0 bridgehead atoms. The first kappa shape index (κ1) is 15.6. The zero-order chi connectivity index (χ0) is 15.8. The second kappa shape index (κ2) is 5.22. The van der Waals surface area contributed by atoms with E-state index in [9.17, 15) is 26.3 Å². The topological polar surface area (TPSA) is 12.9 Å². The van der Waals surface area contributed by atoms with Crippen LogP contribution in [0.1, 0.15) is 11.3 Å². The summed E-state index contributed by atoms with van der Waals surface area (Å²) in [4.78, 5) is 3.38. The maximum atomic E-state index is 12.6. The molecule has 8 heteroatoms. The van der Waals surface area contributed by atoms with Crippen LogP contribution in [0.4, 0.5) is 26.3 Å². The van der Waals surface area contributed by atoms with Gasteiger partial charge in [-0.15, -0.1) is 0 Å². The van der Waals surface area contributed by atoms with Gasteiger partial charge in [-0.2, -0.15) is 26.3 Å². The third-order valence-corrected chi connectivity index (χ3v) is 2.81. The van der Waals surface area contributed by atoms with Gasteiger partial charge >= 0.3 is 12.4 Å². The van der Waals surface area contributed by atoms with E-state index in [4.69, 9.17) is 11.6 Å². The zero-order valence-electron chi connectivity index (χ0n) is 10.1. The first-order chi connectivity index (χ1) is 9.57. The summed E-state index contributed by atoms with van der Waals surface area (Å²) in [6.07, 6.45) is -9.21. The molecule has 21 heavy (non-hydrogen) atoms. The minimum Gasteiger partial charge on any atom is -0.243 e. The van der Waals surface area contributed by atoms with E-state index in [-0.39, 0.29) is 16.3 Å². The maximum Gasteiger partial charge on any atom is 0.433 e. The Morgan fingerprint density at radius 2 is 1.38 bits per heavy atom. The molecule has 1 aromatic heterocycles. The third-order valence-electron chi connectivity index (χ3n) is 2.59. The van der Waals surface area contributed by atoms with Crippen molar-refractivity contribution in [1.29, 1.82) is 0 Å². The highest BCUT2D eigenvalue weighted by Gasteiger charge is 2.33. The number of nitrogens with zero attached hydrogens (tertiary/aromatic N) is 1. The van der Waals surface area contributed by atoms with E-state index < -0.39 is 23.6 Å². The minimum absolute atomic E-state index is 0.107. The highest BCUT2D eigenvalue weighted by molar-refractivity contribution is 6.30. The van der Waals surface area contributed by atoms with Gasteiger partial charge in [-0.25, -0.2) is 4.98 Å². The Morgan fingerprint density at radius 3 is 1.86 bits per heavy atom. The molecule has 0 saturated heterocycles. The number of hydrogen-bond donors (Lipinski definition) is 0. The predicted molar refractivity (Wildman–Crippen MR) is 64.7 cm³/mol. The first-order valence-electron chi connectivity index (χ1n) is 5.50. The van der Waals surface area contributed by atoms with E-state index >= 15 is 0 Å². The Morgan fingerprint density at radius 1 is 0.810 bits per heavy atom. The molecule has 0 spiro atoms. The molecule has 2 aromatic rings. The van der Waals surface area contributed by atoms with Gasteiger partial charge in [-0.1, -0.05) is 23.7 Å². The first-order valence-corrected chi connectivity index (χ1v) is 5.87. The number of pyridine rings is 1. The number of hydrogen-bond acceptors (Lipinski definition) is 1. The van der Waals surface area contributed by atoms with Gasteiger partial charge < -0.3 is 0 Å². The van der Waals surface area contributed by atoms with E-state index in [0.717, 1.165) is 30.3 Å². The number of benzene rings is 1. The minimum atomic E-state index is -4.69. The van der Waals surface area contributed by atoms with Gasteiger partial charge in [-0.05, 0) is 24.3 Å². The van der Waals surface area contributed by atoms with Crippen LogP contribution in [0.3, 0.4) is 0 Å². The lowest BCUT2D eigenvalue weighted by atomic mass is 10.1. The fourth-order valence-electron chi connectivity index (χ4n) is 1.62. The number of halogens is 7. The van der Waals surface area contributed by atoms with E-state index in [0.29, 0.717) is 6.07 Å². The van der Waals surface area contributed by atoms with E-state index in [1.54, 1.807) is 0 Å². The Balaban J connectivity index is 2.45. The van der Waals surface area contributed by atoms with Crippen molar-refractivity contribution >= 4 is 11.6 Å². The summed E-state index contributed by atoms with van der Waals surface area (Å²) in [6.45, 7) is 0. The van der Waals surface area contributed by atoms with Gasteiger partial charge in [0.15, 0.2) is 0 Å². The molecular formula is C13H6ClF6N. The van der Waals surface area contributed by atoms with Crippen LogP contribution in [0, 0.1) is 0 Å². The summed E-state index contributed by atoms with van der Waals surface area (Å²) in [5, 5.41) is -0.202. The van der Waals surface area contributed by atoms with Crippen LogP contribution in [-0.4, -0.2) is 4.98 Å². The van der Waals surface area contributed by atoms with Crippen molar-refractivity contribution < 1.29 is 26.3 Å². The highest BCUT2D eigenvalue weighted by atomic mass is 35.5. The molecule has 112 valence electrons. The van der Waals surface area contributed by atoms with Crippen molar-refractivity contribution in [3.63, 3.8) is 0 Å². The third kappa shape index (κ3) is 3.66. The average Bonchev–Trinajstić information content (AvgIpc) is 2.36. The van der Waals surface area contributed by atoms with Crippen molar-refractivity contribution in [2.24, 2.45) is 0 Å². The summed E-state index contributed by atoms with van der Waals surface area (Å²) in [6, 6.07) is 5.42. The summed E-state index contributed by atoms with van der Waals surface area (Å²) >= 11 is 5.59. The SMILES string of the molecule is FC(F)(F)c1ccc(-c2cc(Cl)cc(C(F)(F)F)n2)cc1. The molecular weight excluding hydrogens is 320 g/mol. The zero-order valence-corrected chi connectivity index (χ0v) is 10.8. The monoisotopic (exact) mass is 325 g/mol. The number of rotatable bonds is 1. The van der Waals surface area contributed by atoms with Crippen LogP contribution in [0.2, 0.25) is 5.02 Å². The summed E-state index contributed by atoms with van der Waals surface area (Å²) in [5.41, 5.74) is -2.14. The largest absolute Gasteiger partial charge is 0.433 e. The van der Waals surface area contributed by atoms with Gasteiger partial charge in [0.2, 0.25) is 0 Å². The van der Waals surface area contributed by atoms with Gasteiger partial charge in [0, 0.05) is 10.6 Å². The lowest BCUT2D eigenvalue weighted by molar-refractivity contribution is -0.141. The highest BCUT2D eigenvalue weighted by Crippen LogP contribution is 2.34. The van der Waals surface area contributed by atoms with Crippen LogP contribution in [-0.2, 0) is 12.4 Å². The maximum absolute atomic E-state index is 12.6. The van der Waals surface area contributed by atoms with Crippen LogP contribution in [0.25, 0.3) is 11.3 Å². The van der Waals surface area contributed by atoms with Crippen molar-refractivity contribution in [2.75, 3.05) is 0 Å². The normalized spacial score (nSPS) is 12.5. The fraction of sp³-hybridized carbons (Fsp3) is 0.154. The van der Waals surface area contributed by atoms with Crippen molar-refractivity contribution in [2.45, 2.75) is 12.4 Å². The summed E-state index contributed by atoms with van der Waals surface area (Å²) in [5.74, 6) is 0. The lowest BCUT2D eigenvalue weighted by Crippen LogP contribution is -2.08. The van der Waals surface area contributed by atoms with Crippen molar-refractivity contribution in [1.82, 2.24) is 4.98 Å². The van der Waals surface area contributed by atoms with Gasteiger partial charge in [0.25, 0.3) is 0 Å². The van der Waals surface area contributed by atoms with Crippen LogP contribution < -0.4 is 0 Å². The number of alkyl halides is 6. The number of aromatic nitrogens is 1. The summed E-state index contributed by atoms with van der Waals surface area (Å²) in [7, 11) is 0. The fourth-order valence-corrected chi connectivity index (χ4v) is 1.83. The second-order valence-electron chi connectivity index (χ2n) is 4.13. The van der Waals surface area contributed by atoms with E-state index in [1.807, 2.05) is 0 Å². The van der Waals surface area contributed by atoms with Crippen LogP contribution in [0.15, 0.2) is 36.4 Å². The standard InChI is InChI=1S/C13H6ClF6N/c14-9-5-10(21-11(6-9)13(18,19)20)7-1-3-8(4-2-7)12(15,16)17/h1-6H. The quantitative estimate of drug-likeness (QED) is 0.636. The Kier molecular flexibility index (Phi) is 3.88. The Labute approximate surface area is 120 Å². The van der Waals surface area contributed by atoms with Gasteiger partial charge in [-0.3, -0.25) is 0 Å². The summed E-state index contributed by atoms with van der Waals surface area (Å²) < 4.78 is 75.1. The molecule has 2 rings (SSSR count). The smallest absolute Gasteiger partial charge is 0.243 e. The average molecular weight is 326 g/mol. The van der Waals surface area contributed by atoms with Gasteiger partial charge in [0.05, 0.1) is 11.3 Å². The van der Waals surface area contributed by atoms with Crippen LogP contribution >= 0.6 is 11.6 Å². The molecule has 0 aliphatic rings. The lowest BCUT2D eigenvalue weighted by Gasteiger charge is -2.10. The van der Waals surface area contributed by atoms with Crippen molar-refractivity contribution in [3.8, 4) is 11.3 Å². The predicted octanol–water partition coefficient (Wildman–Crippen LogP) is 5.44. The van der Waals surface area contributed by atoms with E-state index in [1.165, 1.54) is 0 Å². The molecule has 0 aliphatic carbocycles.